The van der Waals surface area contributed by atoms with Gasteiger partial charge in [0.15, 0.2) is 6.29 Å². The van der Waals surface area contributed by atoms with Crippen molar-refractivity contribution in [1.82, 2.24) is 0 Å². The van der Waals surface area contributed by atoms with Crippen molar-refractivity contribution in [3.8, 4) is 5.75 Å². The minimum Gasteiger partial charge on any atom is -0.465 e. The molecule has 1 aliphatic heterocycles. The summed E-state index contributed by atoms with van der Waals surface area (Å²) in [6.45, 7) is 2.29. The Morgan fingerprint density at radius 1 is 1.00 bits per heavy atom. The van der Waals surface area contributed by atoms with Crippen molar-refractivity contribution in [1.29, 1.82) is 0 Å². The lowest BCUT2D eigenvalue weighted by Gasteiger charge is -2.23. The third-order valence-electron chi connectivity index (χ3n) is 4.49. The van der Waals surface area contributed by atoms with Gasteiger partial charge in [0.2, 0.25) is 0 Å². The normalized spacial score (nSPS) is 17.2. The van der Waals surface area contributed by atoms with E-state index in [0.717, 1.165) is 55.5 Å². The average Bonchev–Trinajstić information content (AvgIpc) is 2.67. The molecule has 1 atom stereocenters. The van der Waals surface area contributed by atoms with Gasteiger partial charge in [0.1, 0.15) is 5.75 Å². The maximum absolute atomic E-state index is 5.87. The van der Waals surface area contributed by atoms with Crippen LogP contribution in [0.2, 0.25) is 0 Å². The summed E-state index contributed by atoms with van der Waals surface area (Å²) in [5, 5.41) is 0. The fourth-order valence-corrected chi connectivity index (χ4v) is 3.49. The molecule has 0 spiro atoms. The van der Waals surface area contributed by atoms with E-state index in [0.29, 0.717) is 6.61 Å². The number of hydrogen-bond donors (Lipinski definition) is 0. The number of unbranched alkanes of at least 4 members (excludes halogenated alkanes) is 1. The predicted octanol–water partition coefficient (Wildman–Crippen LogP) is 5.89. The van der Waals surface area contributed by atoms with Gasteiger partial charge in [0.25, 0.3) is 0 Å². The second kappa shape index (κ2) is 10.7. The third kappa shape index (κ3) is 6.75. The fraction of sp³-hybridized carbons (Fsp3) is 0.455. The van der Waals surface area contributed by atoms with Gasteiger partial charge in [0, 0.05) is 17.5 Å². The van der Waals surface area contributed by atoms with E-state index in [1.165, 1.54) is 17.5 Å². The Bertz CT molecular complexity index is 651. The zero-order valence-corrected chi connectivity index (χ0v) is 16.7. The Morgan fingerprint density at radius 2 is 1.88 bits per heavy atom. The molecular formula is C22H27BrO3. The summed E-state index contributed by atoms with van der Waals surface area (Å²) in [6, 6.07) is 16.7. The molecule has 26 heavy (non-hydrogen) atoms. The van der Waals surface area contributed by atoms with E-state index in [9.17, 15) is 0 Å². The van der Waals surface area contributed by atoms with Crippen LogP contribution < -0.4 is 4.74 Å². The van der Waals surface area contributed by atoms with Gasteiger partial charge < -0.3 is 14.2 Å². The lowest BCUT2D eigenvalue weighted by atomic mass is 10.1. The molecule has 3 rings (SSSR count). The third-order valence-corrected chi connectivity index (χ3v) is 4.98. The summed E-state index contributed by atoms with van der Waals surface area (Å²) in [6.07, 6.45) is 6.52. The van der Waals surface area contributed by atoms with Crippen LogP contribution in [0.1, 0.15) is 43.2 Å². The van der Waals surface area contributed by atoms with Gasteiger partial charge in [-0.25, -0.2) is 0 Å². The molecular weight excluding hydrogens is 392 g/mol. The molecule has 0 N–H and O–H groups in total. The molecule has 0 amide bonds. The van der Waals surface area contributed by atoms with Gasteiger partial charge in [0.05, 0.1) is 13.2 Å². The molecule has 1 aliphatic rings. The second-order valence-electron chi connectivity index (χ2n) is 6.70. The van der Waals surface area contributed by atoms with Crippen LogP contribution in [0.25, 0.3) is 0 Å². The van der Waals surface area contributed by atoms with Gasteiger partial charge in [-0.15, -0.1) is 0 Å². The van der Waals surface area contributed by atoms with E-state index in [1.54, 1.807) is 0 Å². The van der Waals surface area contributed by atoms with Crippen molar-refractivity contribution in [3.05, 3.63) is 64.1 Å². The van der Waals surface area contributed by atoms with E-state index in [4.69, 9.17) is 14.2 Å². The highest BCUT2D eigenvalue weighted by Gasteiger charge is 2.14. The van der Waals surface area contributed by atoms with Crippen LogP contribution in [0, 0.1) is 0 Å². The zero-order valence-electron chi connectivity index (χ0n) is 15.2. The van der Waals surface area contributed by atoms with Gasteiger partial charge in [-0.1, -0.05) is 40.2 Å². The first-order chi connectivity index (χ1) is 12.8. The maximum Gasteiger partial charge on any atom is 0.199 e. The second-order valence-corrected chi connectivity index (χ2v) is 7.61. The number of hydrogen-bond acceptors (Lipinski definition) is 3. The lowest BCUT2D eigenvalue weighted by Crippen LogP contribution is -2.24. The van der Waals surface area contributed by atoms with Crippen LogP contribution in [0.3, 0.4) is 0 Å². The van der Waals surface area contributed by atoms with Crippen LogP contribution in [-0.4, -0.2) is 19.5 Å². The molecule has 2 aromatic carbocycles. The summed E-state index contributed by atoms with van der Waals surface area (Å²) in [5.41, 5.74) is 2.55. The molecule has 140 valence electrons. The SMILES string of the molecule is Brc1cccc(COCCCCc2ccc(OC3CCCCO3)cc2)c1. The van der Waals surface area contributed by atoms with Crippen LogP contribution in [-0.2, 0) is 22.5 Å². The number of aryl methyl sites for hydroxylation is 1. The smallest absolute Gasteiger partial charge is 0.199 e. The highest BCUT2D eigenvalue weighted by Crippen LogP contribution is 2.20. The van der Waals surface area contributed by atoms with Crippen molar-refractivity contribution in [2.45, 2.75) is 51.4 Å². The van der Waals surface area contributed by atoms with Crippen molar-refractivity contribution in [2.75, 3.05) is 13.2 Å². The Balaban J connectivity index is 1.29. The largest absolute Gasteiger partial charge is 0.465 e. The monoisotopic (exact) mass is 418 g/mol. The first-order valence-electron chi connectivity index (χ1n) is 9.49. The molecule has 0 radical (unpaired) electrons. The van der Waals surface area contributed by atoms with Crippen molar-refractivity contribution < 1.29 is 14.2 Å². The van der Waals surface area contributed by atoms with Gasteiger partial charge in [-0.05, 0) is 67.5 Å². The van der Waals surface area contributed by atoms with Crippen LogP contribution >= 0.6 is 15.9 Å². The Kier molecular flexibility index (Phi) is 7.99. The Morgan fingerprint density at radius 3 is 2.65 bits per heavy atom. The zero-order chi connectivity index (χ0) is 18.0. The molecule has 3 nitrogen and oxygen atoms in total. The molecule has 1 heterocycles. The van der Waals surface area contributed by atoms with Crippen molar-refractivity contribution in [3.63, 3.8) is 0 Å². The quantitative estimate of drug-likeness (QED) is 0.474. The number of rotatable bonds is 9. The Labute approximate surface area is 164 Å². The standard InChI is InChI=1S/C22H27BrO3/c23-20-8-5-7-19(16-20)17-24-14-3-1-6-18-10-12-21(13-11-18)26-22-9-2-4-15-25-22/h5,7-8,10-13,16,22H,1-4,6,9,14-15,17H2. The molecule has 0 bridgehead atoms. The molecule has 1 saturated heterocycles. The summed E-state index contributed by atoms with van der Waals surface area (Å²) in [4.78, 5) is 0. The van der Waals surface area contributed by atoms with Gasteiger partial charge >= 0.3 is 0 Å². The van der Waals surface area contributed by atoms with Crippen LogP contribution in [0.15, 0.2) is 53.0 Å². The van der Waals surface area contributed by atoms with Crippen LogP contribution in [0.4, 0.5) is 0 Å². The molecule has 0 aromatic heterocycles. The van der Waals surface area contributed by atoms with E-state index in [2.05, 4.69) is 52.3 Å². The molecule has 1 unspecified atom stereocenters. The maximum atomic E-state index is 5.87. The molecule has 4 heteroatoms. The number of halogens is 1. The summed E-state index contributed by atoms with van der Waals surface area (Å²) < 4.78 is 18.3. The highest BCUT2D eigenvalue weighted by molar-refractivity contribution is 9.10. The lowest BCUT2D eigenvalue weighted by molar-refractivity contribution is -0.105. The molecule has 0 aliphatic carbocycles. The summed E-state index contributed by atoms with van der Waals surface area (Å²) in [7, 11) is 0. The average molecular weight is 419 g/mol. The van der Waals surface area contributed by atoms with E-state index < -0.39 is 0 Å². The van der Waals surface area contributed by atoms with Crippen molar-refractivity contribution in [2.24, 2.45) is 0 Å². The highest BCUT2D eigenvalue weighted by atomic mass is 79.9. The fourth-order valence-electron chi connectivity index (χ4n) is 3.04. The Hall–Kier alpha value is -1.36. The summed E-state index contributed by atoms with van der Waals surface area (Å²) >= 11 is 3.48. The molecule has 0 saturated carbocycles. The van der Waals surface area contributed by atoms with Crippen molar-refractivity contribution >= 4 is 15.9 Å². The van der Waals surface area contributed by atoms with E-state index in [1.807, 2.05) is 12.1 Å². The summed E-state index contributed by atoms with van der Waals surface area (Å²) in [5.74, 6) is 0.901. The van der Waals surface area contributed by atoms with E-state index >= 15 is 0 Å². The first-order valence-corrected chi connectivity index (χ1v) is 10.3. The van der Waals surface area contributed by atoms with Gasteiger partial charge in [-0.2, -0.15) is 0 Å². The predicted molar refractivity (Wildman–Crippen MR) is 107 cm³/mol. The first kappa shape index (κ1) is 19.4. The minimum absolute atomic E-state index is 0.0722. The van der Waals surface area contributed by atoms with E-state index in [-0.39, 0.29) is 6.29 Å². The van der Waals surface area contributed by atoms with Gasteiger partial charge in [-0.3, -0.25) is 0 Å². The molecule has 2 aromatic rings. The number of ether oxygens (including phenoxy) is 3. The minimum atomic E-state index is -0.0722. The van der Waals surface area contributed by atoms with Crippen LogP contribution in [0.5, 0.6) is 5.75 Å². The topological polar surface area (TPSA) is 27.7 Å². The molecule has 1 fully saturated rings. The number of benzene rings is 2.